The van der Waals surface area contributed by atoms with Crippen molar-refractivity contribution >= 4 is 29.3 Å². The van der Waals surface area contributed by atoms with Crippen molar-refractivity contribution in [3.05, 3.63) is 71.5 Å². The van der Waals surface area contributed by atoms with Crippen LogP contribution >= 0.6 is 11.8 Å². The van der Waals surface area contributed by atoms with E-state index in [1.807, 2.05) is 41.9 Å². The van der Waals surface area contributed by atoms with E-state index in [-0.39, 0.29) is 17.2 Å². The predicted octanol–water partition coefficient (Wildman–Crippen LogP) is 2.24. The van der Waals surface area contributed by atoms with E-state index in [0.717, 1.165) is 11.4 Å². The minimum atomic E-state index is -0.586. The summed E-state index contributed by atoms with van der Waals surface area (Å²) in [5.41, 5.74) is 7.15. The number of primary amides is 1. The number of aromatic nitrogens is 3. The molecule has 3 rings (SSSR count). The van der Waals surface area contributed by atoms with Gasteiger partial charge in [0, 0.05) is 13.5 Å². The van der Waals surface area contributed by atoms with Crippen molar-refractivity contribution in [2.45, 2.75) is 11.6 Å². The van der Waals surface area contributed by atoms with Crippen LogP contribution in [0.1, 0.15) is 21.7 Å². The number of rotatable bonds is 7. The number of amides is 2. The van der Waals surface area contributed by atoms with E-state index in [1.54, 1.807) is 24.3 Å². The van der Waals surface area contributed by atoms with Gasteiger partial charge >= 0.3 is 0 Å². The molecule has 2 amide bonds. The van der Waals surface area contributed by atoms with Gasteiger partial charge in [0.25, 0.3) is 5.91 Å². The van der Waals surface area contributed by atoms with E-state index in [2.05, 4.69) is 15.5 Å². The Kier molecular flexibility index (Phi) is 5.87. The van der Waals surface area contributed by atoms with Gasteiger partial charge in [-0.05, 0) is 17.7 Å². The molecule has 138 valence electrons. The summed E-state index contributed by atoms with van der Waals surface area (Å²) < 4.78 is 1.88. The van der Waals surface area contributed by atoms with E-state index in [0.29, 0.717) is 17.3 Å². The molecule has 1 aromatic heterocycles. The Morgan fingerprint density at radius 1 is 1.07 bits per heavy atom. The number of hydrogen-bond acceptors (Lipinski definition) is 5. The van der Waals surface area contributed by atoms with Crippen LogP contribution in [0.4, 0.5) is 5.69 Å². The lowest BCUT2D eigenvalue weighted by Gasteiger charge is -2.08. The average Bonchev–Trinajstić information content (AvgIpc) is 3.01. The molecule has 3 aromatic rings. The maximum absolute atomic E-state index is 12.2. The molecule has 0 aliphatic heterocycles. The minimum Gasteiger partial charge on any atom is -0.366 e. The Morgan fingerprint density at radius 2 is 1.78 bits per heavy atom. The van der Waals surface area contributed by atoms with Gasteiger partial charge in [0.1, 0.15) is 5.82 Å². The minimum absolute atomic E-state index is 0.143. The lowest BCUT2D eigenvalue weighted by molar-refractivity contribution is -0.113. The molecule has 0 saturated carbocycles. The number of thioether (sulfide) groups is 1. The van der Waals surface area contributed by atoms with Gasteiger partial charge < -0.3 is 15.6 Å². The van der Waals surface area contributed by atoms with Gasteiger partial charge in [-0.25, -0.2) is 0 Å². The summed E-state index contributed by atoms with van der Waals surface area (Å²) in [5.74, 6) is 0.131. The highest BCUT2D eigenvalue weighted by molar-refractivity contribution is 7.99. The van der Waals surface area contributed by atoms with E-state index in [1.165, 1.54) is 11.8 Å². The normalized spacial score (nSPS) is 10.6. The molecule has 1 heterocycles. The quantitative estimate of drug-likeness (QED) is 0.611. The molecule has 0 aliphatic rings. The molecule has 8 heteroatoms. The lowest BCUT2D eigenvalue weighted by Crippen LogP contribution is -2.19. The predicted molar refractivity (Wildman–Crippen MR) is 105 cm³/mol. The van der Waals surface area contributed by atoms with Gasteiger partial charge in [0.15, 0.2) is 5.16 Å². The first-order valence-electron chi connectivity index (χ1n) is 8.28. The topological polar surface area (TPSA) is 103 Å². The van der Waals surface area contributed by atoms with E-state index in [4.69, 9.17) is 5.73 Å². The highest BCUT2D eigenvalue weighted by Crippen LogP contribution is 2.19. The van der Waals surface area contributed by atoms with Gasteiger partial charge in [-0.2, -0.15) is 0 Å². The first-order valence-corrected chi connectivity index (χ1v) is 9.27. The largest absolute Gasteiger partial charge is 0.366 e. The Balaban J connectivity index is 1.61. The van der Waals surface area contributed by atoms with Crippen molar-refractivity contribution in [2.75, 3.05) is 11.1 Å². The highest BCUT2D eigenvalue weighted by Gasteiger charge is 2.14. The maximum atomic E-state index is 12.2. The average molecular weight is 381 g/mol. The van der Waals surface area contributed by atoms with Gasteiger partial charge in [-0.1, -0.05) is 54.2 Å². The molecule has 0 fully saturated rings. The molecule has 0 unspecified atom stereocenters. The van der Waals surface area contributed by atoms with Gasteiger partial charge in [-0.15, -0.1) is 10.2 Å². The van der Waals surface area contributed by atoms with Crippen LogP contribution in [-0.2, 0) is 18.3 Å². The Morgan fingerprint density at radius 3 is 2.52 bits per heavy atom. The standard InChI is InChI=1S/C19H19N5O2S/c1-24-16(11-13-7-3-2-4-8-13)22-23-19(24)27-12-17(25)21-15-10-6-5-9-14(15)18(20)26/h2-10H,11-12H2,1H3,(H2,20,26)(H,21,25). The molecule has 0 aliphatic carbocycles. The molecule has 27 heavy (non-hydrogen) atoms. The Labute approximate surface area is 161 Å². The van der Waals surface area contributed by atoms with Gasteiger partial charge in [0.2, 0.25) is 5.91 Å². The first kappa shape index (κ1) is 18.7. The first-order chi connectivity index (χ1) is 13.0. The third-order valence-electron chi connectivity index (χ3n) is 3.93. The summed E-state index contributed by atoms with van der Waals surface area (Å²) in [6, 6.07) is 16.6. The Hall–Kier alpha value is -3.13. The number of carbonyl (C=O) groups excluding carboxylic acids is 2. The SMILES string of the molecule is Cn1c(Cc2ccccc2)nnc1SCC(=O)Nc1ccccc1C(N)=O. The molecular formula is C19H19N5O2S. The van der Waals surface area contributed by atoms with E-state index in [9.17, 15) is 9.59 Å². The van der Waals surface area contributed by atoms with Crippen LogP contribution in [0.15, 0.2) is 59.8 Å². The lowest BCUT2D eigenvalue weighted by atomic mass is 10.1. The summed E-state index contributed by atoms with van der Waals surface area (Å²) in [7, 11) is 1.88. The molecular weight excluding hydrogens is 362 g/mol. The summed E-state index contributed by atoms with van der Waals surface area (Å²) in [4.78, 5) is 23.7. The van der Waals surface area contributed by atoms with Crippen LogP contribution in [0.3, 0.4) is 0 Å². The van der Waals surface area contributed by atoms with Crippen molar-refractivity contribution in [2.24, 2.45) is 12.8 Å². The van der Waals surface area contributed by atoms with Crippen LogP contribution in [0.5, 0.6) is 0 Å². The summed E-state index contributed by atoms with van der Waals surface area (Å²) in [6.07, 6.45) is 0.670. The van der Waals surface area contributed by atoms with Crippen molar-refractivity contribution in [1.29, 1.82) is 0 Å². The maximum Gasteiger partial charge on any atom is 0.250 e. The second kappa shape index (κ2) is 8.50. The smallest absolute Gasteiger partial charge is 0.250 e. The van der Waals surface area contributed by atoms with Crippen molar-refractivity contribution in [1.82, 2.24) is 14.8 Å². The zero-order valence-electron chi connectivity index (χ0n) is 14.8. The molecule has 0 radical (unpaired) electrons. The third-order valence-corrected chi connectivity index (χ3v) is 4.95. The highest BCUT2D eigenvalue weighted by atomic mass is 32.2. The second-order valence-corrected chi connectivity index (χ2v) is 6.81. The van der Waals surface area contributed by atoms with Gasteiger partial charge in [-0.3, -0.25) is 9.59 Å². The number of hydrogen-bond donors (Lipinski definition) is 2. The Bertz CT molecular complexity index is 956. The van der Waals surface area contributed by atoms with Crippen LogP contribution < -0.4 is 11.1 Å². The summed E-state index contributed by atoms with van der Waals surface area (Å²) in [6.45, 7) is 0. The fourth-order valence-corrected chi connectivity index (χ4v) is 3.26. The number of nitrogens with one attached hydrogen (secondary N) is 1. The number of carbonyl (C=O) groups is 2. The molecule has 0 bridgehead atoms. The third kappa shape index (κ3) is 4.73. The van der Waals surface area contributed by atoms with Gasteiger partial charge in [0.05, 0.1) is 17.0 Å². The van der Waals surface area contributed by atoms with Crippen LogP contribution in [0.2, 0.25) is 0 Å². The molecule has 2 aromatic carbocycles. The zero-order valence-corrected chi connectivity index (χ0v) is 15.6. The molecule has 7 nitrogen and oxygen atoms in total. The number of para-hydroxylation sites is 1. The number of benzene rings is 2. The monoisotopic (exact) mass is 381 g/mol. The fourth-order valence-electron chi connectivity index (χ4n) is 2.53. The van der Waals surface area contributed by atoms with E-state index < -0.39 is 5.91 Å². The van der Waals surface area contributed by atoms with Crippen molar-refractivity contribution < 1.29 is 9.59 Å². The van der Waals surface area contributed by atoms with Crippen molar-refractivity contribution in [3.8, 4) is 0 Å². The van der Waals surface area contributed by atoms with E-state index >= 15 is 0 Å². The van der Waals surface area contributed by atoms with Crippen LogP contribution in [0, 0.1) is 0 Å². The molecule has 0 atom stereocenters. The number of nitrogens with two attached hydrogens (primary N) is 1. The van der Waals surface area contributed by atoms with Crippen molar-refractivity contribution in [3.63, 3.8) is 0 Å². The second-order valence-electron chi connectivity index (χ2n) is 5.87. The van der Waals surface area contributed by atoms with Crippen LogP contribution in [-0.4, -0.2) is 32.3 Å². The zero-order chi connectivity index (χ0) is 19.2. The summed E-state index contributed by atoms with van der Waals surface area (Å²) >= 11 is 1.28. The fraction of sp³-hybridized carbons (Fsp3) is 0.158. The molecule has 0 saturated heterocycles. The molecule has 3 N–H and O–H groups in total. The summed E-state index contributed by atoms with van der Waals surface area (Å²) in [5, 5.41) is 11.7. The number of anilines is 1. The molecule has 0 spiro atoms. The number of nitrogens with zero attached hydrogens (tertiary/aromatic N) is 3. The van der Waals surface area contributed by atoms with Crippen LogP contribution in [0.25, 0.3) is 0 Å².